The van der Waals surface area contributed by atoms with Crippen molar-refractivity contribution in [1.29, 1.82) is 0 Å². The van der Waals surface area contributed by atoms with Gasteiger partial charge in [-0.05, 0) is 31.4 Å². The summed E-state index contributed by atoms with van der Waals surface area (Å²) in [6.07, 6.45) is -2.66. The van der Waals surface area contributed by atoms with Crippen LogP contribution in [0.5, 0.6) is 5.75 Å². The van der Waals surface area contributed by atoms with E-state index >= 15 is 0 Å². The van der Waals surface area contributed by atoms with Crippen LogP contribution in [0.2, 0.25) is 0 Å². The molecule has 0 bridgehead atoms. The standard InChI is InChI=1S/C14H17F4NO/c1-20-13-8-11(5-6-12(13)15)19-10-4-2-3-9(7-10)14(16,17)18/h5-6,8-10,19H,2-4,7H2,1H3. The van der Waals surface area contributed by atoms with Crippen LogP contribution in [-0.4, -0.2) is 19.3 Å². The molecule has 0 heterocycles. The second-order valence-corrected chi connectivity index (χ2v) is 5.10. The zero-order valence-corrected chi connectivity index (χ0v) is 11.1. The fourth-order valence-electron chi connectivity index (χ4n) is 2.60. The molecule has 2 unspecified atom stereocenters. The molecule has 6 heteroatoms. The van der Waals surface area contributed by atoms with Gasteiger partial charge in [-0.25, -0.2) is 4.39 Å². The molecule has 2 nitrogen and oxygen atoms in total. The van der Waals surface area contributed by atoms with Crippen LogP contribution in [-0.2, 0) is 0 Å². The summed E-state index contributed by atoms with van der Waals surface area (Å²) >= 11 is 0. The summed E-state index contributed by atoms with van der Waals surface area (Å²) in [6.45, 7) is 0. The van der Waals surface area contributed by atoms with E-state index in [0.717, 1.165) is 0 Å². The van der Waals surface area contributed by atoms with Crippen molar-refractivity contribution in [1.82, 2.24) is 0 Å². The van der Waals surface area contributed by atoms with Gasteiger partial charge < -0.3 is 10.1 Å². The largest absolute Gasteiger partial charge is 0.494 e. The predicted molar refractivity (Wildman–Crippen MR) is 68.4 cm³/mol. The highest BCUT2D eigenvalue weighted by Gasteiger charge is 2.42. The summed E-state index contributed by atoms with van der Waals surface area (Å²) in [5, 5.41) is 3.04. The van der Waals surface area contributed by atoms with Gasteiger partial charge >= 0.3 is 6.18 Å². The number of hydrogen-bond acceptors (Lipinski definition) is 2. The Morgan fingerprint density at radius 1 is 1.25 bits per heavy atom. The summed E-state index contributed by atoms with van der Waals surface area (Å²) in [5.74, 6) is -1.66. The third-order valence-electron chi connectivity index (χ3n) is 3.66. The van der Waals surface area contributed by atoms with E-state index in [-0.39, 0.29) is 24.6 Å². The van der Waals surface area contributed by atoms with Crippen LogP contribution in [0.4, 0.5) is 23.2 Å². The first-order valence-corrected chi connectivity index (χ1v) is 6.57. The first-order valence-electron chi connectivity index (χ1n) is 6.57. The lowest BCUT2D eigenvalue weighted by Gasteiger charge is -2.31. The lowest BCUT2D eigenvalue weighted by molar-refractivity contribution is -0.182. The van der Waals surface area contributed by atoms with Gasteiger partial charge in [-0.3, -0.25) is 0 Å². The van der Waals surface area contributed by atoms with Crippen LogP contribution in [0.1, 0.15) is 25.7 Å². The number of ether oxygens (including phenoxy) is 1. The van der Waals surface area contributed by atoms with E-state index in [1.165, 1.54) is 25.3 Å². The quantitative estimate of drug-likeness (QED) is 0.835. The lowest BCUT2D eigenvalue weighted by Crippen LogP contribution is -2.34. The van der Waals surface area contributed by atoms with Crippen molar-refractivity contribution < 1.29 is 22.3 Å². The van der Waals surface area contributed by atoms with Crippen molar-refractivity contribution in [2.24, 2.45) is 5.92 Å². The molecule has 1 aromatic carbocycles. The average molecular weight is 291 g/mol. The second-order valence-electron chi connectivity index (χ2n) is 5.10. The minimum absolute atomic E-state index is 0.0587. The molecule has 0 amide bonds. The van der Waals surface area contributed by atoms with Gasteiger partial charge in [0.25, 0.3) is 0 Å². The first kappa shape index (κ1) is 14.9. The molecule has 1 N–H and O–H groups in total. The van der Waals surface area contributed by atoms with E-state index in [4.69, 9.17) is 4.74 Å². The third kappa shape index (κ3) is 3.55. The number of anilines is 1. The minimum Gasteiger partial charge on any atom is -0.494 e. The summed E-state index contributed by atoms with van der Waals surface area (Å²) in [6, 6.07) is 3.97. The molecule has 1 aliphatic rings. The maximum Gasteiger partial charge on any atom is 0.391 e. The fraction of sp³-hybridized carbons (Fsp3) is 0.571. The Morgan fingerprint density at radius 2 is 2.00 bits per heavy atom. The molecule has 1 aromatic rings. The van der Waals surface area contributed by atoms with Crippen molar-refractivity contribution in [3.05, 3.63) is 24.0 Å². The molecule has 2 atom stereocenters. The highest BCUT2D eigenvalue weighted by molar-refractivity contribution is 5.49. The van der Waals surface area contributed by atoms with Crippen molar-refractivity contribution in [3.63, 3.8) is 0 Å². The van der Waals surface area contributed by atoms with E-state index in [0.29, 0.717) is 18.5 Å². The zero-order chi connectivity index (χ0) is 14.8. The molecule has 0 aromatic heterocycles. The Kier molecular flexibility index (Phi) is 4.40. The molecule has 1 fully saturated rings. The van der Waals surface area contributed by atoms with Gasteiger partial charge in [0.15, 0.2) is 11.6 Å². The number of nitrogens with one attached hydrogen (secondary N) is 1. The summed E-state index contributed by atoms with van der Waals surface area (Å²) in [7, 11) is 1.35. The smallest absolute Gasteiger partial charge is 0.391 e. The van der Waals surface area contributed by atoms with Gasteiger partial charge in [-0.2, -0.15) is 13.2 Å². The monoisotopic (exact) mass is 291 g/mol. The van der Waals surface area contributed by atoms with Gasteiger partial charge in [0.2, 0.25) is 0 Å². The minimum atomic E-state index is -4.14. The predicted octanol–water partition coefficient (Wildman–Crippen LogP) is 4.37. The normalized spacial score (nSPS) is 23.4. The van der Waals surface area contributed by atoms with Crippen LogP contribution in [0.25, 0.3) is 0 Å². The highest BCUT2D eigenvalue weighted by Crippen LogP contribution is 2.38. The molecular weight excluding hydrogens is 274 g/mol. The van der Waals surface area contributed by atoms with Gasteiger partial charge in [-0.1, -0.05) is 6.42 Å². The number of hydrogen-bond donors (Lipinski definition) is 1. The summed E-state index contributed by atoms with van der Waals surface area (Å²) in [4.78, 5) is 0. The summed E-state index contributed by atoms with van der Waals surface area (Å²) in [5.41, 5.74) is 0.580. The molecule has 0 spiro atoms. The number of methoxy groups -OCH3 is 1. The fourth-order valence-corrected chi connectivity index (χ4v) is 2.60. The highest BCUT2D eigenvalue weighted by atomic mass is 19.4. The number of benzene rings is 1. The molecular formula is C14H17F4NO. The third-order valence-corrected chi connectivity index (χ3v) is 3.66. The maximum atomic E-state index is 13.3. The Morgan fingerprint density at radius 3 is 2.65 bits per heavy atom. The Balaban J connectivity index is 2.02. The Hall–Kier alpha value is -1.46. The lowest BCUT2D eigenvalue weighted by atomic mass is 9.85. The van der Waals surface area contributed by atoms with Gasteiger partial charge in [0.05, 0.1) is 13.0 Å². The zero-order valence-electron chi connectivity index (χ0n) is 11.1. The topological polar surface area (TPSA) is 21.3 Å². The molecule has 1 aliphatic carbocycles. The van der Waals surface area contributed by atoms with Crippen molar-refractivity contribution in [2.45, 2.75) is 37.9 Å². The van der Waals surface area contributed by atoms with Crippen LogP contribution in [0.3, 0.4) is 0 Å². The van der Waals surface area contributed by atoms with Crippen molar-refractivity contribution >= 4 is 5.69 Å². The Bertz CT molecular complexity index is 461. The number of rotatable bonds is 3. The van der Waals surface area contributed by atoms with Crippen LogP contribution in [0, 0.1) is 11.7 Å². The van der Waals surface area contributed by atoms with Crippen LogP contribution >= 0.6 is 0 Å². The van der Waals surface area contributed by atoms with E-state index in [2.05, 4.69) is 5.32 Å². The molecule has 0 saturated heterocycles. The van der Waals surface area contributed by atoms with E-state index in [1.54, 1.807) is 0 Å². The molecule has 1 saturated carbocycles. The molecule has 2 rings (SSSR count). The van der Waals surface area contributed by atoms with E-state index in [1.807, 2.05) is 0 Å². The number of alkyl halides is 3. The van der Waals surface area contributed by atoms with E-state index in [9.17, 15) is 17.6 Å². The maximum absolute atomic E-state index is 13.3. The SMILES string of the molecule is COc1cc(NC2CCCC(C(F)(F)F)C2)ccc1F. The van der Waals surface area contributed by atoms with Crippen LogP contribution < -0.4 is 10.1 Å². The molecule has 20 heavy (non-hydrogen) atoms. The van der Waals surface area contributed by atoms with Crippen LogP contribution in [0.15, 0.2) is 18.2 Å². The van der Waals surface area contributed by atoms with Gasteiger partial charge in [0.1, 0.15) is 0 Å². The first-order chi connectivity index (χ1) is 9.40. The molecule has 112 valence electrons. The van der Waals surface area contributed by atoms with Gasteiger partial charge in [0, 0.05) is 17.8 Å². The second kappa shape index (κ2) is 5.89. The molecule has 0 aliphatic heterocycles. The average Bonchev–Trinajstić information content (AvgIpc) is 2.40. The van der Waals surface area contributed by atoms with Crippen molar-refractivity contribution in [3.8, 4) is 5.75 Å². The van der Waals surface area contributed by atoms with Gasteiger partial charge in [-0.15, -0.1) is 0 Å². The Labute approximate surface area is 115 Å². The number of halogens is 4. The van der Waals surface area contributed by atoms with E-state index < -0.39 is 17.9 Å². The molecule has 0 radical (unpaired) electrons. The van der Waals surface area contributed by atoms with Crippen molar-refractivity contribution in [2.75, 3.05) is 12.4 Å². The summed E-state index contributed by atoms with van der Waals surface area (Å²) < 4.78 is 56.3.